The minimum atomic E-state index is -1.67. The molecular weight excluding hydrogens is 474 g/mol. The van der Waals surface area contributed by atoms with E-state index in [4.69, 9.17) is 19.9 Å². The van der Waals surface area contributed by atoms with E-state index in [1.165, 1.54) is 12.0 Å². The number of carbonyl (C=O) groups is 2. The zero-order valence-electron chi connectivity index (χ0n) is 20.4. The van der Waals surface area contributed by atoms with Gasteiger partial charge in [0.2, 0.25) is 17.7 Å². The predicted octanol–water partition coefficient (Wildman–Crippen LogP) is 3.15. The maximum Gasteiger partial charge on any atom is 0.325 e. The lowest BCUT2D eigenvalue weighted by Crippen LogP contribution is -2.47. The number of methoxy groups -OCH3 is 1. The lowest BCUT2D eigenvalue weighted by molar-refractivity contribution is -0.140. The van der Waals surface area contributed by atoms with Gasteiger partial charge in [0.25, 0.3) is 0 Å². The molecule has 1 atom stereocenters. The predicted molar refractivity (Wildman–Crippen MR) is 133 cm³/mol. The lowest BCUT2D eigenvalue weighted by atomic mass is 9.68. The van der Waals surface area contributed by atoms with Gasteiger partial charge in [0.1, 0.15) is 29.4 Å². The Hall–Kier alpha value is -4.78. The maximum absolute atomic E-state index is 14.3. The van der Waals surface area contributed by atoms with Gasteiger partial charge < -0.3 is 19.9 Å². The third kappa shape index (κ3) is 3.59. The van der Waals surface area contributed by atoms with Gasteiger partial charge in [0, 0.05) is 16.8 Å². The first-order chi connectivity index (χ1) is 18.0. The molecule has 10 nitrogen and oxygen atoms in total. The second-order valence-corrected chi connectivity index (χ2v) is 8.69. The number of nitriles is 1. The third-order valence-electron chi connectivity index (χ3n) is 6.64. The van der Waals surface area contributed by atoms with Crippen molar-refractivity contribution in [2.24, 2.45) is 5.73 Å². The number of anilines is 1. The molecule has 3 heterocycles. The van der Waals surface area contributed by atoms with E-state index in [1.807, 2.05) is 24.3 Å². The van der Waals surface area contributed by atoms with Gasteiger partial charge in [-0.1, -0.05) is 31.5 Å². The SMILES string of the molecule is CCCCOc1ccc(-c2[nH]nc3c2C2(C(=O)N(CC(=O)OC)c4ccccc42)C(C#N)=C(N)O3)cc1. The Morgan fingerprint density at radius 2 is 2.00 bits per heavy atom. The van der Waals surface area contributed by atoms with Crippen molar-refractivity contribution >= 4 is 17.6 Å². The average molecular weight is 500 g/mol. The molecule has 3 aromatic rings. The number of hydrogen-bond donors (Lipinski definition) is 2. The summed E-state index contributed by atoms with van der Waals surface area (Å²) < 4.78 is 16.3. The number of para-hydroxylation sites is 1. The fourth-order valence-electron chi connectivity index (χ4n) is 4.90. The smallest absolute Gasteiger partial charge is 0.325 e. The van der Waals surface area contributed by atoms with Gasteiger partial charge in [-0.25, -0.2) is 0 Å². The standard InChI is InChI=1S/C27H25N5O5/c1-3-4-13-36-17-11-9-16(10-12-17)23-22-25(31-30-23)37-24(29)19(14-28)27(22)18-7-5-6-8-20(18)32(26(27)34)15-21(33)35-2/h5-12H,3-4,13,15,29H2,1-2H3,(H,30,31). The van der Waals surface area contributed by atoms with Crippen molar-refractivity contribution in [3.8, 4) is 29.0 Å². The monoisotopic (exact) mass is 499 g/mol. The van der Waals surface area contributed by atoms with E-state index in [0.717, 1.165) is 12.8 Å². The van der Waals surface area contributed by atoms with Gasteiger partial charge in [0.15, 0.2) is 0 Å². The highest BCUT2D eigenvalue weighted by atomic mass is 16.5. The minimum absolute atomic E-state index is 0.0769. The van der Waals surface area contributed by atoms with Gasteiger partial charge >= 0.3 is 5.97 Å². The fraction of sp³-hybridized carbons (Fsp3) is 0.259. The van der Waals surface area contributed by atoms with E-state index in [1.54, 1.807) is 24.3 Å². The number of carbonyl (C=O) groups excluding carboxylic acids is 2. The van der Waals surface area contributed by atoms with Gasteiger partial charge in [-0.15, -0.1) is 5.10 Å². The number of aromatic nitrogens is 2. The number of unbranched alkanes of at least 4 members (excludes halogenated alkanes) is 1. The molecule has 0 saturated heterocycles. The number of aromatic amines is 1. The van der Waals surface area contributed by atoms with E-state index in [0.29, 0.717) is 40.4 Å². The van der Waals surface area contributed by atoms with E-state index in [2.05, 4.69) is 23.2 Å². The van der Waals surface area contributed by atoms with Crippen LogP contribution in [0.15, 0.2) is 60.0 Å². The van der Waals surface area contributed by atoms with Crippen molar-refractivity contribution in [3.63, 3.8) is 0 Å². The number of nitrogens with zero attached hydrogens (tertiary/aromatic N) is 3. The van der Waals surface area contributed by atoms with Gasteiger partial charge in [-0.05, 0) is 36.8 Å². The quantitative estimate of drug-likeness (QED) is 0.373. The van der Waals surface area contributed by atoms with Crippen LogP contribution in [0.5, 0.6) is 11.6 Å². The number of fused-ring (bicyclic) bond motifs is 4. The number of esters is 1. The van der Waals surface area contributed by atoms with Gasteiger partial charge in [-0.3, -0.25) is 19.6 Å². The molecule has 2 aromatic carbocycles. The average Bonchev–Trinajstić information content (AvgIpc) is 3.43. The first kappa shape index (κ1) is 23.9. The Labute approximate surface area is 213 Å². The number of H-pyrrole nitrogens is 1. The van der Waals surface area contributed by atoms with Crippen LogP contribution in [0.25, 0.3) is 11.3 Å². The lowest BCUT2D eigenvalue weighted by Gasteiger charge is -2.32. The van der Waals surface area contributed by atoms with Crippen molar-refractivity contribution in [2.45, 2.75) is 25.2 Å². The molecule has 2 aliphatic heterocycles. The molecule has 1 unspecified atom stereocenters. The molecule has 3 N–H and O–H groups in total. The van der Waals surface area contributed by atoms with Crippen molar-refractivity contribution in [3.05, 3.63) is 71.1 Å². The Kier molecular flexibility index (Phi) is 6.05. The normalized spacial score (nSPS) is 17.8. The summed E-state index contributed by atoms with van der Waals surface area (Å²) in [7, 11) is 1.25. The second kappa shape index (κ2) is 9.35. The molecule has 0 radical (unpaired) electrons. The van der Waals surface area contributed by atoms with E-state index < -0.39 is 17.3 Å². The molecule has 1 amide bonds. The molecule has 37 heavy (non-hydrogen) atoms. The molecule has 0 saturated carbocycles. The summed E-state index contributed by atoms with van der Waals surface area (Å²) in [6, 6.07) is 16.4. The molecule has 5 rings (SSSR count). The topological polar surface area (TPSA) is 144 Å². The van der Waals surface area contributed by atoms with Crippen LogP contribution >= 0.6 is 0 Å². The summed E-state index contributed by atoms with van der Waals surface area (Å²) in [5, 5.41) is 17.5. The van der Waals surface area contributed by atoms with Gasteiger partial charge in [-0.2, -0.15) is 5.26 Å². The molecule has 1 spiro atoms. The highest BCUT2D eigenvalue weighted by molar-refractivity contribution is 6.16. The van der Waals surface area contributed by atoms with Crippen molar-refractivity contribution in [2.75, 3.05) is 25.2 Å². The molecule has 188 valence electrons. The highest BCUT2D eigenvalue weighted by Gasteiger charge is 2.61. The minimum Gasteiger partial charge on any atom is -0.494 e. The summed E-state index contributed by atoms with van der Waals surface area (Å²) in [5.41, 5.74) is 6.93. The third-order valence-corrected chi connectivity index (χ3v) is 6.64. The molecule has 2 aliphatic rings. The zero-order valence-corrected chi connectivity index (χ0v) is 20.4. The molecule has 10 heteroatoms. The van der Waals surface area contributed by atoms with Crippen molar-refractivity contribution < 1.29 is 23.8 Å². The van der Waals surface area contributed by atoms with Crippen LogP contribution in [0.4, 0.5) is 5.69 Å². The first-order valence-electron chi connectivity index (χ1n) is 11.9. The number of benzene rings is 2. The number of nitrogens with one attached hydrogen (secondary N) is 1. The first-order valence-corrected chi connectivity index (χ1v) is 11.9. The number of hydrogen-bond acceptors (Lipinski definition) is 8. The van der Waals surface area contributed by atoms with Crippen molar-refractivity contribution in [1.29, 1.82) is 5.26 Å². The molecule has 0 aliphatic carbocycles. The summed E-state index contributed by atoms with van der Waals surface area (Å²) >= 11 is 0. The van der Waals surface area contributed by atoms with E-state index in [-0.39, 0.29) is 23.9 Å². The Bertz CT molecular complexity index is 1450. The van der Waals surface area contributed by atoms with Crippen LogP contribution in [0, 0.1) is 11.3 Å². The largest absolute Gasteiger partial charge is 0.494 e. The second-order valence-electron chi connectivity index (χ2n) is 8.69. The van der Waals surface area contributed by atoms with E-state index in [9.17, 15) is 14.9 Å². The van der Waals surface area contributed by atoms with Crippen LogP contribution in [0.1, 0.15) is 30.9 Å². The number of rotatable bonds is 7. The van der Waals surface area contributed by atoms with Crippen LogP contribution in [0.2, 0.25) is 0 Å². The van der Waals surface area contributed by atoms with Crippen LogP contribution in [-0.2, 0) is 19.7 Å². The Morgan fingerprint density at radius 3 is 2.70 bits per heavy atom. The van der Waals surface area contributed by atoms with Crippen LogP contribution in [-0.4, -0.2) is 42.3 Å². The Morgan fingerprint density at radius 1 is 1.24 bits per heavy atom. The molecule has 0 bridgehead atoms. The fourth-order valence-corrected chi connectivity index (χ4v) is 4.90. The molecule has 0 fully saturated rings. The summed E-state index contributed by atoms with van der Waals surface area (Å²) in [4.78, 5) is 27.9. The molecular formula is C27H25N5O5. The van der Waals surface area contributed by atoms with Crippen LogP contribution in [0.3, 0.4) is 0 Å². The van der Waals surface area contributed by atoms with Crippen LogP contribution < -0.4 is 20.1 Å². The summed E-state index contributed by atoms with van der Waals surface area (Å²) in [6.45, 7) is 2.38. The van der Waals surface area contributed by atoms with E-state index >= 15 is 0 Å². The zero-order chi connectivity index (χ0) is 26.2. The van der Waals surface area contributed by atoms with Crippen molar-refractivity contribution in [1.82, 2.24) is 10.2 Å². The summed E-state index contributed by atoms with van der Waals surface area (Å²) in [5.74, 6) is -0.557. The number of amides is 1. The highest BCUT2D eigenvalue weighted by Crippen LogP contribution is 2.56. The number of ether oxygens (including phenoxy) is 3. The maximum atomic E-state index is 14.3. The van der Waals surface area contributed by atoms with Gasteiger partial charge in [0.05, 0.1) is 25.0 Å². The Balaban J connectivity index is 1.70. The molecule has 1 aromatic heterocycles. The number of nitrogens with two attached hydrogens (primary N) is 1. The summed E-state index contributed by atoms with van der Waals surface area (Å²) in [6.07, 6.45) is 1.98.